The fourth-order valence-electron chi connectivity index (χ4n) is 8.97. The lowest BCUT2D eigenvalue weighted by Gasteiger charge is -2.60. The molecule has 0 saturated heterocycles. The first kappa shape index (κ1) is 20.2. The average Bonchev–Trinajstić information content (AvgIpc) is 2.91. The van der Waals surface area contributed by atoms with Crippen LogP contribution in [0.25, 0.3) is 0 Å². The third-order valence-corrected chi connectivity index (χ3v) is 10.8. The van der Waals surface area contributed by atoms with Crippen LogP contribution >= 0.6 is 15.9 Å². The van der Waals surface area contributed by atoms with Crippen molar-refractivity contribution < 1.29 is 9.90 Å². The Labute approximate surface area is 174 Å². The van der Waals surface area contributed by atoms with Crippen molar-refractivity contribution in [2.24, 2.45) is 46.3 Å². The molecule has 0 spiro atoms. The van der Waals surface area contributed by atoms with E-state index in [9.17, 15) is 9.90 Å². The molecular weight excluding hydrogens is 400 g/mol. The molecular formula is C24H39BrO2. The minimum absolute atomic E-state index is 0.391. The summed E-state index contributed by atoms with van der Waals surface area (Å²) in [6, 6.07) is 0. The van der Waals surface area contributed by atoms with Crippen molar-refractivity contribution in [1.82, 2.24) is 0 Å². The Morgan fingerprint density at radius 1 is 1.15 bits per heavy atom. The first-order chi connectivity index (χ1) is 12.9. The lowest BCUT2D eigenvalue weighted by Crippen LogP contribution is -2.57. The summed E-state index contributed by atoms with van der Waals surface area (Å²) in [5.74, 6) is 3.34. The standard InChI is InChI=1S/C24H39BrO2/c1-4-7-15(2)21-20(25)14-19-17-10-9-16-8-5-6-12-24(16,22(26)27)18(17)11-13-23(19,21)3/h15-21H,4-14H2,1-3H3,(H,26,27)/t15-,16?,17-,18+,19+,20?,21+,23+,24-/m1/s1. The first-order valence-corrected chi connectivity index (χ1v) is 12.6. The second kappa shape index (κ2) is 7.33. The number of aliphatic carboxylic acids is 1. The SMILES string of the molecule is CCC[C@@H](C)[C@H]1C(Br)C[C@H]2[C@@H]3CCC4CCCC[C@]4(C(=O)O)[C@H]3CC[C@]12C. The topological polar surface area (TPSA) is 37.3 Å². The summed E-state index contributed by atoms with van der Waals surface area (Å²) in [6.07, 6.45) is 13.2. The van der Waals surface area contributed by atoms with Crippen LogP contribution in [0.1, 0.15) is 91.4 Å². The summed E-state index contributed by atoms with van der Waals surface area (Å²) in [5, 5.41) is 10.4. The Hall–Kier alpha value is -0.0500. The van der Waals surface area contributed by atoms with Gasteiger partial charge in [-0.25, -0.2) is 0 Å². The van der Waals surface area contributed by atoms with Crippen molar-refractivity contribution in [1.29, 1.82) is 0 Å². The van der Waals surface area contributed by atoms with Crippen LogP contribution < -0.4 is 0 Å². The van der Waals surface area contributed by atoms with Gasteiger partial charge in [-0.3, -0.25) is 4.79 Å². The maximum atomic E-state index is 12.7. The second-order valence-corrected chi connectivity index (χ2v) is 12.0. The molecule has 2 unspecified atom stereocenters. The number of hydrogen-bond donors (Lipinski definition) is 1. The lowest BCUT2D eigenvalue weighted by atomic mass is 9.44. The minimum Gasteiger partial charge on any atom is -0.481 e. The van der Waals surface area contributed by atoms with Crippen LogP contribution in [-0.2, 0) is 4.79 Å². The van der Waals surface area contributed by atoms with Crippen LogP contribution in [0.4, 0.5) is 0 Å². The number of rotatable bonds is 4. The molecule has 0 heterocycles. The van der Waals surface area contributed by atoms with E-state index in [-0.39, 0.29) is 0 Å². The van der Waals surface area contributed by atoms with Gasteiger partial charge in [0.2, 0.25) is 0 Å². The zero-order valence-electron chi connectivity index (χ0n) is 17.6. The summed E-state index contributed by atoms with van der Waals surface area (Å²) >= 11 is 4.11. The third kappa shape index (κ3) is 2.88. The molecule has 0 bridgehead atoms. The van der Waals surface area contributed by atoms with E-state index >= 15 is 0 Å². The van der Waals surface area contributed by atoms with E-state index in [1.54, 1.807) is 0 Å². The van der Waals surface area contributed by atoms with Crippen molar-refractivity contribution in [2.75, 3.05) is 0 Å². The smallest absolute Gasteiger partial charge is 0.310 e. The maximum absolute atomic E-state index is 12.7. The quantitative estimate of drug-likeness (QED) is 0.483. The Balaban J connectivity index is 1.66. The second-order valence-electron chi connectivity index (χ2n) is 10.8. The molecule has 0 aromatic rings. The van der Waals surface area contributed by atoms with Gasteiger partial charge in [0, 0.05) is 4.83 Å². The number of carboxylic acids is 1. The maximum Gasteiger partial charge on any atom is 0.310 e. The number of alkyl halides is 1. The Bertz CT molecular complexity index is 577. The molecule has 3 heteroatoms. The Morgan fingerprint density at radius 2 is 1.93 bits per heavy atom. The van der Waals surface area contributed by atoms with Gasteiger partial charge in [-0.05, 0) is 85.9 Å². The van der Waals surface area contributed by atoms with E-state index in [1.807, 2.05) is 0 Å². The molecule has 4 fully saturated rings. The third-order valence-electron chi connectivity index (χ3n) is 9.89. The molecule has 0 radical (unpaired) electrons. The highest BCUT2D eigenvalue weighted by Crippen LogP contribution is 2.69. The number of halogens is 1. The van der Waals surface area contributed by atoms with E-state index in [1.165, 1.54) is 44.9 Å². The minimum atomic E-state index is -0.449. The van der Waals surface area contributed by atoms with Crippen LogP contribution in [0, 0.1) is 46.3 Å². The van der Waals surface area contributed by atoms with Crippen LogP contribution in [-0.4, -0.2) is 15.9 Å². The molecule has 0 aromatic carbocycles. The van der Waals surface area contributed by atoms with Gasteiger partial charge in [-0.15, -0.1) is 0 Å². The van der Waals surface area contributed by atoms with Gasteiger partial charge in [0.05, 0.1) is 5.41 Å². The van der Waals surface area contributed by atoms with Crippen molar-refractivity contribution in [2.45, 2.75) is 96.2 Å². The highest BCUT2D eigenvalue weighted by Gasteiger charge is 2.65. The predicted octanol–water partition coefficient (Wildman–Crippen LogP) is 6.91. The van der Waals surface area contributed by atoms with Crippen LogP contribution in [0.2, 0.25) is 0 Å². The van der Waals surface area contributed by atoms with Gasteiger partial charge in [0.25, 0.3) is 0 Å². The van der Waals surface area contributed by atoms with Crippen LogP contribution in [0.15, 0.2) is 0 Å². The van der Waals surface area contributed by atoms with Crippen LogP contribution in [0.5, 0.6) is 0 Å². The largest absolute Gasteiger partial charge is 0.481 e. The van der Waals surface area contributed by atoms with Gasteiger partial charge in [0.1, 0.15) is 0 Å². The molecule has 1 N–H and O–H groups in total. The highest BCUT2D eigenvalue weighted by atomic mass is 79.9. The van der Waals surface area contributed by atoms with E-state index < -0.39 is 11.4 Å². The van der Waals surface area contributed by atoms with Crippen molar-refractivity contribution in [3.8, 4) is 0 Å². The molecule has 9 atom stereocenters. The summed E-state index contributed by atoms with van der Waals surface area (Å²) < 4.78 is 0. The number of carbonyl (C=O) groups is 1. The fraction of sp³-hybridized carbons (Fsp3) is 0.958. The van der Waals surface area contributed by atoms with E-state index in [0.29, 0.717) is 28.0 Å². The van der Waals surface area contributed by atoms with E-state index in [2.05, 4.69) is 36.7 Å². The van der Waals surface area contributed by atoms with Gasteiger partial charge in [-0.1, -0.05) is 62.4 Å². The summed E-state index contributed by atoms with van der Waals surface area (Å²) in [5.41, 5.74) is 0.0164. The Kier molecular flexibility index (Phi) is 5.49. The van der Waals surface area contributed by atoms with Gasteiger partial charge in [0.15, 0.2) is 0 Å². The Morgan fingerprint density at radius 3 is 2.63 bits per heavy atom. The molecule has 4 aliphatic carbocycles. The normalized spacial score (nSPS) is 50.4. The summed E-state index contributed by atoms with van der Waals surface area (Å²) in [6.45, 7) is 7.36. The zero-order valence-corrected chi connectivity index (χ0v) is 19.1. The molecule has 2 nitrogen and oxygen atoms in total. The van der Waals surface area contributed by atoms with Gasteiger partial charge in [-0.2, -0.15) is 0 Å². The molecule has 4 rings (SSSR count). The monoisotopic (exact) mass is 438 g/mol. The predicted molar refractivity (Wildman–Crippen MR) is 114 cm³/mol. The number of fused-ring (bicyclic) bond motifs is 5. The van der Waals surface area contributed by atoms with Gasteiger partial charge < -0.3 is 5.11 Å². The molecule has 0 amide bonds. The van der Waals surface area contributed by atoms with Crippen molar-refractivity contribution in [3.63, 3.8) is 0 Å². The average molecular weight is 439 g/mol. The summed E-state index contributed by atoms with van der Waals surface area (Å²) in [7, 11) is 0. The molecule has 0 aromatic heterocycles. The fourth-order valence-corrected chi connectivity index (χ4v) is 10.5. The molecule has 0 aliphatic heterocycles. The van der Waals surface area contributed by atoms with Crippen molar-refractivity contribution in [3.05, 3.63) is 0 Å². The molecule has 4 saturated carbocycles. The number of carboxylic acid groups (broad SMARTS) is 1. The molecule has 4 aliphatic rings. The number of hydrogen-bond acceptors (Lipinski definition) is 1. The molecule has 154 valence electrons. The zero-order chi connectivity index (χ0) is 19.4. The van der Waals surface area contributed by atoms with Gasteiger partial charge >= 0.3 is 5.97 Å². The van der Waals surface area contributed by atoms with Crippen LogP contribution in [0.3, 0.4) is 0 Å². The van der Waals surface area contributed by atoms with Crippen molar-refractivity contribution >= 4 is 21.9 Å². The van der Waals surface area contributed by atoms with E-state index in [4.69, 9.17) is 0 Å². The molecule has 27 heavy (non-hydrogen) atoms. The highest BCUT2D eigenvalue weighted by molar-refractivity contribution is 9.09. The van der Waals surface area contributed by atoms with E-state index in [0.717, 1.165) is 43.4 Å². The first-order valence-electron chi connectivity index (χ1n) is 11.7. The lowest BCUT2D eigenvalue weighted by molar-refractivity contribution is -0.179. The summed E-state index contributed by atoms with van der Waals surface area (Å²) in [4.78, 5) is 13.3.